The molecule has 1 heterocycles. The summed E-state index contributed by atoms with van der Waals surface area (Å²) in [5, 5.41) is 0. The van der Waals surface area contributed by atoms with Gasteiger partial charge in [-0.2, -0.15) is 0 Å². The van der Waals surface area contributed by atoms with E-state index in [1.54, 1.807) is 18.3 Å². The number of nitrogens with one attached hydrogen (secondary N) is 1. The predicted octanol–water partition coefficient (Wildman–Crippen LogP) is 2.87. The number of benzene rings is 1. The van der Waals surface area contributed by atoms with E-state index in [0.29, 0.717) is 25.3 Å². The summed E-state index contributed by atoms with van der Waals surface area (Å²) >= 11 is 0. The number of ether oxygens (including phenoxy) is 1. The minimum Gasteiger partial charge on any atom is -0.495 e. The quantitative estimate of drug-likeness (QED) is 0.766. The third-order valence-electron chi connectivity index (χ3n) is 4.11. The molecule has 0 unspecified atom stereocenters. The van der Waals surface area contributed by atoms with Crippen molar-refractivity contribution in [2.45, 2.75) is 51.0 Å². The summed E-state index contributed by atoms with van der Waals surface area (Å²) in [6, 6.07) is 5.31. The van der Waals surface area contributed by atoms with Crippen molar-refractivity contribution >= 4 is 10.0 Å². The highest BCUT2D eigenvalue weighted by molar-refractivity contribution is 7.89. The molecule has 2 rings (SSSR count). The Morgan fingerprint density at radius 2 is 2.00 bits per heavy atom. The Morgan fingerprint density at radius 3 is 2.56 bits per heavy atom. The number of aryl methyl sites for hydroxylation is 2. The van der Waals surface area contributed by atoms with E-state index in [0.717, 1.165) is 11.4 Å². The first-order valence-electron chi connectivity index (χ1n) is 8.31. The maximum absolute atomic E-state index is 12.7. The fourth-order valence-electron chi connectivity index (χ4n) is 2.53. The Kier molecular flexibility index (Phi) is 5.90. The van der Waals surface area contributed by atoms with E-state index in [9.17, 15) is 8.42 Å². The van der Waals surface area contributed by atoms with Crippen LogP contribution in [-0.4, -0.2) is 31.6 Å². The summed E-state index contributed by atoms with van der Waals surface area (Å²) in [5.41, 5.74) is 0.804. The molecule has 7 heteroatoms. The molecule has 0 aliphatic carbocycles. The van der Waals surface area contributed by atoms with Gasteiger partial charge in [-0.3, -0.25) is 0 Å². The highest BCUT2D eigenvalue weighted by Crippen LogP contribution is 2.30. The minimum absolute atomic E-state index is 0.143. The minimum atomic E-state index is -3.64. The monoisotopic (exact) mass is 365 g/mol. The summed E-state index contributed by atoms with van der Waals surface area (Å²) in [4.78, 5) is 4.34. The van der Waals surface area contributed by atoms with Gasteiger partial charge in [0.2, 0.25) is 10.0 Å². The molecule has 1 aromatic heterocycles. The van der Waals surface area contributed by atoms with Gasteiger partial charge >= 0.3 is 0 Å². The molecule has 0 amide bonds. The number of rotatable bonds is 7. The molecule has 0 bridgehead atoms. The highest BCUT2D eigenvalue weighted by Gasteiger charge is 2.23. The normalized spacial score (nSPS) is 12.4. The van der Waals surface area contributed by atoms with Crippen LogP contribution in [0.3, 0.4) is 0 Å². The molecule has 0 aliphatic heterocycles. The second kappa shape index (κ2) is 7.58. The molecule has 0 saturated heterocycles. The topological polar surface area (TPSA) is 73.2 Å². The molecule has 1 aromatic carbocycles. The van der Waals surface area contributed by atoms with Gasteiger partial charge in [0.05, 0.1) is 7.11 Å². The molecule has 6 nitrogen and oxygen atoms in total. The van der Waals surface area contributed by atoms with Crippen molar-refractivity contribution in [1.29, 1.82) is 0 Å². The SMILES string of the molecule is COc1ccc(C(C)(C)C)cc1S(=O)(=O)NCCCn1ccnc1C. The van der Waals surface area contributed by atoms with Crippen LogP contribution in [0.15, 0.2) is 35.5 Å². The van der Waals surface area contributed by atoms with Crippen molar-refractivity contribution in [3.05, 3.63) is 42.0 Å². The van der Waals surface area contributed by atoms with E-state index in [1.807, 2.05) is 44.5 Å². The van der Waals surface area contributed by atoms with Crippen LogP contribution in [0.5, 0.6) is 5.75 Å². The summed E-state index contributed by atoms with van der Waals surface area (Å²) < 4.78 is 35.3. The van der Waals surface area contributed by atoms with Crippen molar-refractivity contribution in [3.8, 4) is 5.75 Å². The molecule has 0 radical (unpaired) electrons. The van der Waals surface area contributed by atoms with Crippen molar-refractivity contribution in [2.75, 3.05) is 13.7 Å². The van der Waals surface area contributed by atoms with E-state index in [4.69, 9.17) is 4.74 Å². The average Bonchev–Trinajstić information content (AvgIpc) is 2.95. The van der Waals surface area contributed by atoms with E-state index in [1.165, 1.54) is 7.11 Å². The number of sulfonamides is 1. The first kappa shape index (κ1) is 19.5. The standard InChI is InChI=1S/C18H27N3O3S/c1-14-19-10-12-21(14)11-6-9-20-25(22,23)17-13-15(18(2,3)4)7-8-16(17)24-5/h7-8,10,12-13,20H,6,9,11H2,1-5H3. The van der Waals surface area contributed by atoms with Gasteiger partial charge in [-0.05, 0) is 36.5 Å². The summed E-state index contributed by atoms with van der Waals surface area (Å²) in [6.07, 6.45) is 4.31. The van der Waals surface area contributed by atoms with Crippen molar-refractivity contribution in [2.24, 2.45) is 0 Å². The van der Waals surface area contributed by atoms with Crippen LogP contribution in [0.4, 0.5) is 0 Å². The van der Waals surface area contributed by atoms with Crippen LogP contribution in [0.25, 0.3) is 0 Å². The molecule has 1 N–H and O–H groups in total. The first-order valence-corrected chi connectivity index (χ1v) is 9.79. The van der Waals surface area contributed by atoms with E-state index >= 15 is 0 Å². The van der Waals surface area contributed by atoms with E-state index < -0.39 is 10.0 Å². The molecule has 0 aliphatic rings. The number of hydrogen-bond acceptors (Lipinski definition) is 4. The van der Waals surface area contributed by atoms with Gasteiger partial charge in [0.25, 0.3) is 0 Å². The largest absolute Gasteiger partial charge is 0.495 e. The van der Waals surface area contributed by atoms with Gasteiger partial charge in [0.15, 0.2) is 0 Å². The molecular weight excluding hydrogens is 338 g/mol. The lowest BCUT2D eigenvalue weighted by molar-refractivity contribution is 0.401. The Labute approximate surface area is 150 Å². The summed E-state index contributed by atoms with van der Waals surface area (Å²) in [6.45, 7) is 9.13. The Hall–Kier alpha value is -1.86. The van der Waals surface area contributed by atoms with Gasteiger partial charge in [0, 0.05) is 25.5 Å². The second-order valence-electron chi connectivity index (χ2n) is 7.03. The predicted molar refractivity (Wildman–Crippen MR) is 98.5 cm³/mol. The van der Waals surface area contributed by atoms with Crippen LogP contribution in [0.2, 0.25) is 0 Å². The Balaban J connectivity index is 2.11. The molecule has 2 aromatic rings. The first-order chi connectivity index (χ1) is 11.6. The third kappa shape index (κ3) is 4.83. The Morgan fingerprint density at radius 1 is 1.28 bits per heavy atom. The molecule has 138 valence electrons. The summed E-state index contributed by atoms with van der Waals surface area (Å²) in [5.74, 6) is 1.27. The molecular formula is C18H27N3O3S. The average molecular weight is 365 g/mol. The van der Waals surface area contributed by atoms with Crippen molar-refractivity contribution in [3.63, 3.8) is 0 Å². The lowest BCUT2D eigenvalue weighted by Crippen LogP contribution is -2.26. The van der Waals surface area contributed by atoms with Crippen LogP contribution >= 0.6 is 0 Å². The second-order valence-corrected chi connectivity index (χ2v) is 8.77. The maximum Gasteiger partial charge on any atom is 0.244 e. The Bertz CT molecular complexity index is 820. The van der Waals surface area contributed by atoms with Gasteiger partial charge < -0.3 is 9.30 Å². The molecule has 0 atom stereocenters. The highest BCUT2D eigenvalue weighted by atomic mass is 32.2. The third-order valence-corrected chi connectivity index (χ3v) is 5.59. The fraction of sp³-hybridized carbons (Fsp3) is 0.500. The van der Waals surface area contributed by atoms with Crippen LogP contribution in [-0.2, 0) is 22.0 Å². The van der Waals surface area contributed by atoms with Crippen LogP contribution in [0.1, 0.15) is 38.6 Å². The lowest BCUT2D eigenvalue weighted by Gasteiger charge is -2.21. The lowest BCUT2D eigenvalue weighted by atomic mass is 9.87. The zero-order chi connectivity index (χ0) is 18.7. The fourth-order valence-corrected chi connectivity index (χ4v) is 3.79. The van der Waals surface area contributed by atoms with Crippen molar-refractivity contribution in [1.82, 2.24) is 14.3 Å². The number of methoxy groups -OCH3 is 1. The molecule has 0 spiro atoms. The summed E-state index contributed by atoms with van der Waals surface area (Å²) in [7, 11) is -2.16. The number of hydrogen-bond donors (Lipinski definition) is 1. The van der Waals surface area contributed by atoms with Gasteiger partial charge in [-0.25, -0.2) is 18.1 Å². The number of nitrogens with zero attached hydrogens (tertiary/aromatic N) is 2. The van der Waals surface area contributed by atoms with Gasteiger partial charge in [0.1, 0.15) is 16.5 Å². The molecule has 25 heavy (non-hydrogen) atoms. The zero-order valence-electron chi connectivity index (χ0n) is 15.5. The van der Waals surface area contributed by atoms with E-state index in [-0.39, 0.29) is 10.3 Å². The van der Waals surface area contributed by atoms with Gasteiger partial charge in [-0.1, -0.05) is 26.8 Å². The number of aromatic nitrogens is 2. The van der Waals surface area contributed by atoms with Gasteiger partial charge in [-0.15, -0.1) is 0 Å². The molecule has 0 saturated carbocycles. The van der Waals surface area contributed by atoms with Crippen molar-refractivity contribution < 1.29 is 13.2 Å². The zero-order valence-corrected chi connectivity index (χ0v) is 16.4. The van der Waals surface area contributed by atoms with Crippen LogP contribution < -0.4 is 9.46 Å². The van der Waals surface area contributed by atoms with Crippen LogP contribution in [0, 0.1) is 6.92 Å². The number of imidazole rings is 1. The smallest absolute Gasteiger partial charge is 0.244 e. The molecule has 0 fully saturated rings. The maximum atomic E-state index is 12.7. The van der Waals surface area contributed by atoms with E-state index in [2.05, 4.69) is 9.71 Å².